The molecule has 6 nitrogen and oxygen atoms in total. The molecule has 0 aromatic heterocycles. The summed E-state index contributed by atoms with van der Waals surface area (Å²) >= 11 is 6.00. The number of esters is 1. The molecule has 2 rings (SSSR count). The number of unbranched alkanes of at least 4 members (excludes halogenated alkanes) is 1. The Morgan fingerprint density at radius 2 is 2.16 bits per heavy atom. The third-order valence-corrected chi connectivity index (χ3v) is 5.26. The Morgan fingerprint density at radius 3 is 2.90 bits per heavy atom. The van der Waals surface area contributed by atoms with Gasteiger partial charge < -0.3 is 19.5 Å². The van der Waals surface area contributed by atoms with Crippen molar-refractivity contribution in [3.05, 3.63) is 47.0 Å². The Kier molecular flexibility index (Phi) is 11.1. The monoisotopic (exact) mass is 451 g/mol. The van der Waals surface area contributed by atoms with Gasteiger partial charge in [0.25, 0.3) is 0 Å². The van der Waals surface area contributed by atoms with Crippen molar-refractivity contribution >= 4 is 23.5 Å². The van der Waals surface area contributed by atoms with Gasteiger partial charge in [0, 0.05) is 31.0 Å². The number of hydrogen-bond donors (Lipinski definition) is 1. The average molecular weight is 452 g/mol. The van der Waals surface area contributed by atoms with E-state index in [4.69, 9.17) is 21.1 Å². The van der Waals surface area contributed by atoms with Crippen molar-refractivity contribution in [1.82, 2.24) is 4.90 Å². The van der Waals surface area contributed by atoms with E-state index in [2.05, 4.69) is 0 Å². The quantitative estimate of drug-likeness (QED) is 0.296. The number of likely N-dealkylation sites (tertiary alicyclic amines) is 1. The van der Waals surface area contributed by atoms with Gasteiger partial charge in [0.2, 0.25) is 5.91 Å². The van der Waals surface area contributed by atoms with Gasteiger partial charge in [-0.05, 0) is 57.2 Å². The first-order valence-corrected chi connectivity index (χ1v) is 11.4. The van der Waals surface area contributed by atoms with Crippen LogP contribution in [0.4, 0.5) is 0 Å². The highest BCUT2D eigenvalue weighted by atomic mass is 35.5. The number of carbonyl (C=O) groups is 2. The number of hydrogen-bond acceptors (Lipinski definition) is 5. The third kappa shape index (κ3) is 9.85. The summed E-state index contributed by atoms with van der Waals surface area (Å²) in [6, 6.07) is 7.45. The lowest BCUT2D eigenvalue weighted by Gasteiger charge is -2.34. The predicted molar refractivity (Wildman–Crippen MR) is 121 cm³/mol. The number of benzene rings is 1. The molecule has 1 aliphatic rings. The highest BCUT2D eigenvalue weighted by Gasteiger charge is 2.25. The lowest BCUT2D eigenvalue weighted by Crippen LogP contribution is -2.43. The maximum atomic E-state index is 12.4. The van der Waals surface area contributed by atoms with Gasteiger partial charge in [-0.25, -0.2) is 4.79 Å². The van der Waals surface area contributed by atoms with Gasteiger partial charge in [-0.3, -0.25) is 4.79 Å². The minimum Gasteiger partial charge on any atom is -0.461 e. The van der Waals surface area contributed by atoms with Crippen LogP contribution in [0.3, 0.4) is 0 Å². The molecule has 1 fully saturated rings. The summed E-state index contributed by atoms with van der Waals surface area (Å²) in [5, 5.41) is 11.0. The standard InChI is InChI=1S/C24H34ClNO5/c1-18(2)31-24(29)17-30-14-4-3-13-26-21(9-6-10-23(26)28)11-12-22(27)16-19-7-5-8-20(25)15-19/h5,7-8,11-12,15,18,21-22,27H,3-4,6,9-10,13-14,16-17H2,1-2H3/b12-11+/t21?,22-/m0/s1. The number of nitrogens with zero attached hydrogens (tertiary/aromatic N) is 1. The lowest BCUT2D eigenvalue weighted by atomic mass is 9.99. The molecule has 7 heteroatoms. The van der Waals surface area contributed by atoms with E-state index in [9.17, 15) is 14.7 Å². The van der Waals surface area contributed by atoms with Gasteiger partial charge in [-0.2, -0.15) is 0 Å². The van der Waals surface area contributed by atoms with Crippen LogP contribution < -0.4 is 0 Å². The Balaban J connectivity index is 1.75. The van der Waals surface area contributed by atoms with Crippen LogP contribution in [0.15, 0.2) is 36.4 Å². The summed E-state index contributed by atoms with van der Waals surface area (Å²) in [4.78, 5) is 25.7. The molecule has 0 radical (unpaired) electrons. The van der Waals surface area contributed by atoms with Crippen molar-refractivity contribution in [2.24, 2.45) is 0 Å². The number of halogens is 1. The summed E-state index contributed by atoms with van der Waals surface area (Å²) in [5.41, 5.74) is 0.971. The van der Waals surface area contributed by atoms with E-state index in [1.54, 1.807) is 26.0 Å². The normalized spacial score (nSPS) is 18.0. The number of amides is 1. The number of piperidine rings is 1. The average Bonchev–Trinajstić information content (AvgIpc) is 2.69. The van der Waals surface area contributed by atoms with Gasteiger partial charge in [-0.1, -0.05) is 35.9 Å². The van der Waals surface area contributed by atoms with Crippen molar-refractivity contribution in [1.29, 1.82) is 0 Å². The van der Waals surface area contributed by atoms with Crippen LogP contribution >= 0.6 is 11.6 Å². The molecular formula is C24H34ClNO5. The second-order valence-corrected chi connectivity index (χ2v) is 8.57. The molecule has 2 atom stereocenters. The Hall–Kier alpha value is -1.89. The number of rotatable bonds is 12. The van der Waals surface area contributed by atoms with Crippen LogP contribution in [0, 0.1) is 0 Å². The zero-order chi connectivity index (χ0) is 22.6. The zero-order valence-electron chi connectivity index (χ0n) is 18.5. The molecule has 172 valence electrons. The number of aliphatic hydroxyl groups is 1. The lowest BCUT2D eigenvalue weighted by molar-refractivity contribution is -0.152. The van der Waals surface area contributed by atoms with Crippen LogP contribution in [-0.4, -0.2) is 59.9 Å². The fraction of sp³-hybridized carbons (Fsp3) is 0.583. The van der Waals surface area contributed by atoms with Gasteiger partial charge in [0.05, 0.1) is 18.2 Å². The summed E-state index contributed by atoms with van der Waals surface area (Å²) < 4.78 is 10.4. The molecule has 1 heterocycles. The van der Waals surface area contributed by atoms with E-state index in [0.29, 0.717) is 31.0 Å². The largest absolute Gasteiger partial charge is 0.461 e. The van der Waals surface area contributed by atoms with Gasteiger partial charge in [0.15, 0.2) is 0 Å². The molecule has 1 aromatic rings. The summed E-state index contributed by atoms with van der Waals surface area (Å²) in [6.07, 6.45) is 7.30. The molecule has 0 aliphatic carbocycles. The molecule has 1 saturated heterocycles. The first kappa shape index (κ1) is 25.4. The summed E-state index contributed by atoms with van der Waals surface area (Å²) in [6.45, 7) is 4.65. The highest BCUT2D eigenvalue weighted by Crippen LogP contribution is 2.21. The van der Waals surface area contributed by atoms with E-state index in [-0.39, 0.29) is 30.6 Å². The first-order chi connectivity index (χ1) is 14.8. The Bertz CT molecular complexity index is 736. The maximum Gasteiger partial charge on any atom is 0.332 e. The Labute approximate surface area is 190 Å². The van der Waals surface area contributed by atoms with E-state index < -0.39 is 6.10 Å². The van der Waals surface area contributed by atoms with Crippen LogP contribution in [-0.2, 0) is 25.5 Å². The molecule has 0 bridgehead atoms. The summed E-state index contributed by atoms with van der Waals surface area (Å²) in [5.74, 6) is -0.214. The molecule has 1 aromatic carbocycles. The molecule has 31 heavy (non-hydrogen) atoms. The second kappa shape index (κ2) is 13.5. The van der Waals surface area contributed by atoms with E-state index in [1.807, 2.05) is 29.2 Å². The fourth-order valence-corrected chi connectivity index (χ4v) is 3.82. The van der Waals surface area contributed by atoms with Crippen molar-refractivity contribution in [3.8, 4) is 0 Å². The molecule has 0 saturated carbocycles. The minimum atomic E-state index is -0.628. The molecule has 1 unspecified atom stereocenters. The van der Waals surface area contributed by atoms with E-state index >= 15 is 0 Å². The van der Waals surface area contributed by atoms with Crippen LogP contribution in [0.25, 0.3) is 0 Å². The first-order valence-electron chi connectivity index (χ1n) is 11.0. The maximum absolute atomic E-state index is 12.4. The predicted octanol–water partition coefficient (Wildman–Crippen LogP) is 3.93. The molecule has 1 aliphatic heterocycles. The number of aliphatic hydroxyl groups excluding tert-OH is 1. The van der Waals surface area contributed by atoms with Crippen molar-refractivity contribution in [2.75, 3.05) is 19.8 Å². The van der Waals surface area contributed by atoms with Crippen LogP contribution in [0.2, 0.25) is 5.02 Å². The second-order valence-electron chi connectivity index (χ2n) is 8.13. The molecule has 1 N–H and O–H groups in total. The number of carbonyl (C=O) groups excluding carboxylic acids is 2. The van der Waals surface area contributed by atoms with Gasteiger partial charge >= 0.3 is 5.97 Å². The number of ether oxygens (including phenoxy) is 2. The molecular weight excluding hydrogens is 418 g/mol. The fourth-order valence-electron chi connectivity index (χ4n) is 3.61. The third-order valence-electron chi connectivity index (χ3n) is 5.03. The van der Waals surface area contributed by atoms with Crippen molar-refractivity contribution < 1.29 is 24.2 Å². The van der Waals surface area contributed by atoms with Crippen molar-refractivity contribution in [2.45, 2.75) is 70.6 Å². The van der Waals surface area contributed by atoms with Gasteiger partial charge in [-0.15, -0.1) is 0 Å². The minimum absolute atomic E-state index is 0.00259. The molecule has 1 amide bonds. The van der Waals surface area contributed by atoms with Crippen LogP contribution in [0.1, 0.15) is 51.5 Å². The Morgan fingerprint density at radius 1 is 1.35 bits per heavy atom. The molecule has 0 spiro atoms. The van der Waals surface area contributed by atoms with Crippen molar-refractivity contribution in [3.63, 3.8) is 0 Å². The highest BCUT2D eigenvalue weighted by molar-refractivity contribution is 6.30. The van der Waals surface area contributed by atoms with Gasteiger partial charge in [0.1, 0.15) is 6.61 Å². The SMILES string of the molecule is CC(C)OC(=O)COCCCCN1C(=O)CCCC1/C=C/[C@H](O)Cc1cccc(Cl)c1. The van der Waals surface area contributed by atoms with E-state index in [1.165, 1.54) is 0 Å². The van der Waals surface area contributed by atoms with Crippen LogP contribution in [0.5, 0.6) is 0 Å². The zero-order valence-corrected chi connectivity index (χ0v) is 19.2. The summed E-state index contributed by atoms with van der Waals surface area (Å²) in [7, 11) is 0. The topological polar surface area (TPSA) is 76.1 Å². The van der Waals surface area contributed by atoms with E-state index in [0.717, 1.165) is 31.2 Å². The smallest absolute Gasteiger partial charge is 0.332 e.